The van der Waals surface area contributed by atoms with Crippen LogP contribution >= 0.6 is 0 Å². The molecule has 2 N–H and O–H groups in total. The second-order valence-electron chi connectivity index (χ2n) is 5.35. The summed E-state index contributed by atoms with van der Waals surface area (Å²) in [7, 11) is 1.52. The Labute approximate surface area is 143 Å². The van der Waals surface area contributed by atoms with Gasteiger partial charge in [-0.2, -0.15) is 0 Å². The summed E-state index contributed by atoms with van der Waals surface area (Å²) in [6.45, 7) is 1.75. The zero-order chi connectivity index (χ0) is 17.8. The van der Waals surface area contributed by atoms with Gasteiger partial charge >= 0.3 is 0 Å². The summed E-state index contributed by atoms with van der Waals surface area (Å²) >= 11 is 0. The number of aryl methyl sites for hydroxylation is 1. The second-order valence-corrected chi connectivity index (χ2v) is 5.35. The van der Waals surface area contributed by atoms with E-state index in [4.69, 9.17) is 4.74 Å². The first kappa shape index (κ1) is 16.4. The number of rotatable bonds is 4. The topological polar surface area (TPSA) is 97.0 Å². The molecule has 0 fully saturated rings. The molecule has 126 valence electrons. The number of pyridine rings is 1. The molecule has 0 saturated heterocycles. The molecule has 0 aliphatic carbocycles. The quantitative estimate of drug-likeness (QED) is 0.762. The number of H-pyrrole nitrogens is 1. The van der Waals surface area contributed by atoms with E-state index < -0.39 is 0 Å². The van der Waals surface area contributed by atoms with Crippen LogP contribution in [0.5, 0.6) is 5.75 Å². The fraction of sp³-hybridized carbons (Fsp3) is 0.111. The maximum absolute atomic E-state index is 12.3. The van der Waals surface area contributed by atoms with Crippen LogP contribution in [0.25, 0.3) is 11.4 Å². The summed E-state index contributed by atoms with van der Waals surface area (Å²) in [4.78, 5) is 35.0. The van der Waals surface area contributed by atoms with E-state index in [1.165, 1.54) is 19.4 Å². The number of carbonyl (C=O) groups is 1. The highest BCUT2D eigenvalue weighted by Crippen LogP contribution is 2.19. The molecule has 0 aliphatic heterocycles. The smallest absolute Gasteiger partial charge is 0.274 e. The highest BCUT2D eigenvalue weighted by molar-refractivity contribution is 6.03. The van der Waals surface area contributed by atoms with E-state index >= 15 is 0 Å². The van der Waals surface area contributed by atoms with Gasteiger partial charge in [0.05, 0.1) is 7.11 Å². The van der Waals surface area contributed by atoms with E-state index in [2.05, 4.69) is 20.3 Å². The summed E-state index contributed by atoms with van der Waals surface area (Å²) in [6.07, 6.45) is 1.51. The molecule has 0 aliphatic rings. The number of aromatic amines is 1. The Bertz CT molecular complexity index is 982. The van der Waals surface area contributed by atoms with Crippen LogP contribution in [-0.4, -0.2) is 28.0 Å². The Morgan fingerprint density at radius 1 is 1.20 bits per heavy atom. The molecule has 7 nitrogen and oxygen atoms in total. The van der Waals surface area contributed by atoms with Crippen molar-refractivity contribution in [1.82, 2.24) is 15.0 Å². The first-order valence-electron chi connectivity index (χ1n) is 7.55. The van der Waals surface area contributed by atoms with Crippen molar-refractivity contribution >= 4 is 11.6 Å². The fourth-order valence-corrected chi connectivity index (χ4v) is 2.32. The molecule has 0 saturated carbocycles. The largest absolute Gasteiger partial charge is 0.497 e. The maximum Gasteiger partial charge on any atom is 0.274 e. The van der Waals surface area contributed by atoms with Crippen LogP contribution in [0.3, 0.4) is 0 Å². The highest BCUT2D eigenvalue weighted by Gasteiger charge is 2.10. The van der Waals surface area contributed by atoms with Crippen LogP contribution in [0.15, 0.2) is 53.5 Å². The van der Waals surface area contributed by atoms with Crippen molar-refractivity contribution in [2.45, 2.75) is 6.92 Å². The molecule has 0 bridgehead atoms. The van der Waals surface area contributed by atoms with Crippen molar-refractivity contribution in [3.63, 3.8) is 0 Å². The second kappa shape index (κ2) is 6.96. The first-order chi connectivity index (χ1) is 12.0. The summed E-state index contributed by atoms with van der Waals surface area (Å²) in [6, 6.07) is 11.7. The predicted molar refractivity (Wildman–Crippen MR) is 93.8 cm³/mol. The highest BCUT2D eigenvalue weighted by atomic mass is 16.5. The minimum absolute atomic E-state index is 0.225. The Kier molecular flexibility index (Phi) is 4.56. The molecule has 3 rings (SSSR count). The molecular formula is C18H16N4O3. The van der Waals surface area contributed by atoms with E-state index in [0.29, 0.717) is 28.5 Å². The van der Waals surface area contributed by atoms with Crippen molar-refractivity contribution in [1.29, 1.82) is 0 Å². The van der Waals surface area contributed by atoms with Crippen LogP contribution in [0.2, 0.25) is 0 Å². The molecule has 1 aromatic carbocycles. The summed E-state index contributed by atoms with van der Waals surface area (Å²) in [5.41, 5.74) is 1.90. The van der Waals surface area contributed by atoms with Crippen LogP contribution in [-0.2, 0) is 0 Å². The lowest BCUT2D eigenvalue weighted by atomic mass is 10.2. The zero-order valence-electron chi connectivity index (χ0n) is 13.7. The number of aromatic nitrogens is 3. The van der Waals surface area contributed by atoms with Gasteiger partial charge in [-0.15, -0.1) is 0 Å². The van der Waals surface area contributed by atoms with Crippen molar-refractivity contribution in [2.24, 2.45) is 0 Å². The molecule has 7 heteroatoms. The Balaban J connectivity index is 1.86. The van der Waals surface area contributed by atoms with Gasteiger partial charge in [-0.1, -0.05) is 12.1 Å². The van der Waals surface area contributed by atoms with Gasteiger partial charge in [0.25, 0.3) is 11.5 Å². The molecule has 25 heavy (non-hydrogen) atoms. The minimum atomic E-state index is -0.359. The number of nitrogens with zero attached hydrogens (tertiary/aromatic N) is 2. The lowest BCUT2D eigenvalue weighted by Gasteiger charge is -2.08. The van der Waals surface area contributed by atoms with Gasteiger partial charge in [-0.3, -0.25) is 14.6 Å². The number of anilines is 1. The van der Waals surface area contributed by atoms with Gasteiger partial charge in [0.15, 0.2) is 0 Å². The SMILES string of the molecule is COc1ccnc(C(=O)Nc2cccc(-c3nc(C)cc(=O)[nH]3)c2)c1. The number of methoxy groups -OCH3 is 1. The zero-order valence-corrected chi connectivity index (χ0v) is 13.7. The first-order valence-corrected chi connectivity index (χ1v) is 7.55. The molecule has 0 radical (unpaired) electrons. The Morgan fingerprint density at radius 2 is 2.04 bits per heavy atom. The van der Waals surface area contributed by atoms with Gasteiger partial charge < -0.3 is 15.0 Å². The number of ether oxygens (including phenoxy) is 1. The van der Waals surface area contributed by atoms with Crippen LogP contribution in [0.4, 0.5) is 5.69 Å². The van der Waals surface area contributed by atoms with E-state index in [9.17, 15) is 9.59 Å². The summed E-state index contributed by atoms with van der Waals surface area (Å²) in [5.74, 6) is 0.637. The third-order valence-electron chi connectivity index (χ3n) is 3.46. The van der Waals surface area contributed by atoms with E-state index in [0.717, 1.165) is 0 Å². The van der Waals surface area contributed by atoms with Gasteiger partial charge in [0, 0.05) is 35.3 Å². The van der Waals surface area contributed by atoms with E-state index in [-0.39, 0.29) is 17.2 Å². The number of amides is 1. The fourth-order valence-electron chi connectivity index (χ4n) is 2.32. The molecule has 2 heterocycles. The normalized spacial score (nSPS) is 10.3. The van der Waals surface area contributed by atoms with Crippen molar-refractivity contribution in [2.75, 3.05) is 12.4 Å². The van der Waals surface area contributed by atoms with E-state index in [1.54, 1.807) is 43.3 Å². The molecule has 3 aromatic rings. The average Bonchev–Trinajstić information content (AvgIpc) is 2.61. The van der Waals surface area contributed by atoms with Gasteiger partial charge in [-0.25, -0.2) is 4.98 Å². The van der Waals surface area contributed by atoms with Crippen LogP contribution in [0.1, 0.15) is 16.2 Å². The molecule has 0 atom stereocenters. The van der Waals surface area contributed by atoms with E-state index in [1.807, 2.05) is 0 Å². The molecule has 1 amide bonds. The molecule has 2 aromatic heterocycles. The minimum Gasteiger partial charge on any atom is -0.497 e. The Morgan fingerprint density at radius 3 is 2.80 bits per heavy atom. The van der Waals surface area contributed by atoms with Gasteiger partial charge in [0.1, 0.15) is 17.3 Å². The van der Waals surface area contributed by atoms with Crippen molar-refractivity contribution < 1.29 is 9.53 Å². The maximum atomic E-state index is 12.3. The van der Waals surface area contributed by atoms with Crippen LogP contribution < -0.4 is 15.6 Å². The number of benzene rings is 1. The van der Waals surface area contributed by atoms with Crippen molar-refractivity contribution in [3.05, 3.63) is 70.4 Å². The standard InChI is InChI=1S/C18H16N4O3/c1-11-8-16(23)22-17(20-11)12-4-3-5-13(9-12)21-18(24)15-10-14(25-2)6-7-19-15/h3-10H,1-2H3,(H,21,24)(H,20,22,23). The van der Waals surface area contributed by atoms with Gasteiger partial charge in [-0.05, 0) is 25.1 Å². The third-order valence-corrected chi connectivity index (χ3v) is 3.46. The van der Waals surface area contributed by atoms with Crippen LogP contribution in [0, 0.1) is 6.92 Å². The lowest BCUT2D eigenvalue weighted by Crippen LogP contribution is -2.14. The number of nitrogens with one attached hydrogen (secondary N) is 2. The number of hydrogen-bond donors (Lipinski definition) is 2. The molecule has 0 unspecified atom stereocenters. The third kappa shape index (κ3) is 3.89. The Hall–Kier alpha value is -3.48. The summed E-state index contributed by atoms with van der Waals surface area (Å²) in [5, 5.41) is 2.77. The number of carbonyl (C=O) groups excluding carboxylic acids is 1. The lowest BCUT2D eigenvalue weighted by molar-refractivity contribution is 0.102. The average molecular weight is 336 g/mol. The molecule has 0 spiro atoms. The predicted octanol–water partition coefficient (Wildman–Crippen LogP) is 2.40. The number of hydrogen-bond acceptors (Lipinski definition) is 5. The monoisotopic (exact) mass is 336 g/mol. The van der Waals surface area contributed by atoms with Crippen molar-refractivity contribution in [3.8, 4) is 17.1 Å². The van der Waals surface area contributed by atoms with Gasteiger partial charge in [0.2, 0.25) is 0 Å². The molecular weight excluding hydrogens is 320 g/mol. The summed E-state index contributed by atoms with van der Waals surface area (Å²) < 4.78 is 5.09.